The number of aliphatic hydroxyl groups is 2. The van der Waals surface area contributed by atoms with Gasteiger partial charge in [-0.3, -0.25) is 9.59 Å². The molecule has 10 heteroatoms. The third-order valence-corrected chi connectivity index (χ3v) is 10.1. The molecule has 0 aliphatic carbocycles. The Morgan fingerprint density at radius 2 is 0.923 bits per heavy atom. The van der Waals surface area contributed by atoms with Gasteiger partial charge in [0, 0.05) is 25.9 Å². The van der Waals surface area contributed by atoms with Gasteiger partial charge in [0.1, 0.15) is 11.6 Å². The van der Waals surface area contributed by atoms with E-state index in [-0.39, 0.29) is 36.7 Å². The predicted octanol–water partition coefficient (Wildman–Crippen LogP) is 5.89. The number of nitrogens with zero attached hydrogens (tertiary/aromatic N) is 4. The number of hydrogen-bond acceptors (Lipinski definition) is 6. The number of β-amino-alcohol motifs (C(OH)–C–C–N with tert-alkyl or cyclic N) is 2. The van der Waals surface area contributed by atoms with Crippen LogP contribution >= 0.6 is 0 Å². The summed E-state index contributed by atoms with van der Waals surface area (Å²) in [6.45, 7) is 0.585. The van der Waals surface area contributed by atoms with Crippen LogP contribution in [-0.2, 0) is 22.4 Å². The standard InChI is InChI=1S/C42H40N6O4/c49-33-21-37(47(25-33)39(51)19-27-7-3-1-4-8-27)41-43-23-35(45-41)31-15-11-29(12-16-31)30-13-17-32(18-14-30)36-24-44-42(46-36)38-22-34(50)26-48(38)40(52)20-28-9-5-2-6-10-28/h1-18,23-24,33-34,37-38,49-50H,19-22,25-26H2,(H,43,45)(H,44,46)/t33-,34?,37-,38?/m0/s1. The Morgan fingerprint density at radius 3 is 1.31 bits per heavy atom. The van der Waals surface area contributed by atoms with Crippen molar-refractivity contribution >= 4 is 11.8 Å². The molecule has 4 N–H and O–H groups in total. The van der Waals surface area contributed by atoms with Crippen molar-refractivity contribution < 1.29 is 19.8 Å². The zero-order valence-electron chi connectivity index (χ0n) is 28.6. The first-order chi connectivity index (χ1) is 25.4. The molecule has 0 spiro atoms. The average molecular weight is 693 g/mol. The summed E-state index contributed by atoms with van der Waals surface area (Å²) in [4.78, 5) is 45.9. The van der Waals surface area contributed by atoms with E-state index in [4.69, 9.17) is 0 Å². The predicted molar refractivity (Wildman–Crippen MR) is 197 cm³/mol. The number of carbonyl (C=O) groups excluding carboxylic acids is 2. The van der Waals surface area contributed by atoms with Gasteiger partial charge in [-0.05, 0) is 33.4 Å². The normalized spacial score (nSPS) is 20.0. The summed E-state index contributed by atoms with van der Waals surface area (Å²) in [7, 11) is 0. The minimum Gasteiger partial charge on any atom is -0.391 e. The summed E-state index contributed by atoms with van der Waals surface area (Å²) >= 11 is 0. The third kappa shape index (κ3) is 7.03. The summed E-state index contributed by atoms with van der Waals surface area (Å²) in [6, 6.07) is 35.1. The Kier molecular flexibility index (Phi) is 9.24. The minimum absolute atomic E-state index is 0.0274. The molecule has 0 saturated carbocycles. The van der Waals surface area contributed by atoms with E-state index in [2.05, 4.69) is 44.2 Å². The second-order valence-electron chi connectivity index (χ2n) is 13.7. The Hall–Kier alpha value is -5.84. The molecule has 4 aromatic carbocycles. The van der Waals surface area contributed by atoms with Crippen molar-refractivity contribution in [2.24, 2.45) is 0 Å². The first-order valence-electron chi connectivity index (χ1n) is 17.7. The molecule has 0 bridgehead atoms. The van der Waals surface area contributed by atoms with E-state index >= 15 is 0 Å². The Labute approximate surface area is 301 Å². The van der Waals surface area contributed by atoms with Crippen LogP contribution in [0.5, 0.6) is 0 Å². The maximum absolute atomic E-state index is 13.2. The number of nitrogens with one attached hydrogen (secondary N) is 2. The van der Waals surface area contributed by atoms with E-state index in [9.17, 15) is 19.8 Å². The molecule has 262 valence electrons. The molecule has 2 saturated heterocycles. The van der Waals surface area contributed by atoms with Gasteiger partial charge < -0.3 is 30.0 Å². The van der Waals surface area contributed by atoms with Crippen LogP contribution in [-0.4, -0.2) is 77.1 Å². The molecule has 4 heterocycles. The zero-order valence-corrected chi connectivity index (χ0v) is 28.6. The Balaban J connectivity index is 0.923. The van der Waals surface area contributed by atoms with Crippen molar-refractivity contribution in [2.45, 2.75) is 50.0 Å². The molecule has 2 unspecified atom stereocenters. The summed E-state index contributed by atoms with van der Waals surface area (Å²) in [5.74, 6) is 1.29. The van der Waals surface area contributed by atoms with Gasteiger partial charge in [0.25, 0.3) is 0 Å². The lowest BCUT2D eigenvalue weighted by Crippen LogP contribution is -2.33. The number of H-pyrrole nitrogens is 2. The number of benzene rings is 4. The molecular formula is C42H40N6O4. The molecule has 2 amide bonds. The highest BCUT2D eigenvalue weighted by Gasteiger charge is 2.38. The molecule has 2 aromatic heterocycles. The van der Waals surface area contributed by atoms with Gasteiger partial charge in [0.05, 0.1) is 60.9 Å². The summed E-state index contributed by atoms with van der Waals surface area (Å²) in [5, 5.41) is 20.9. The van der Waals surface area contributed by atoms with E-state index in [0.717, 1.165) is 44.8 Å². The number of likely N-dealkylation sites (tertiary alicyclic amines) is 2. The SMILES string of the molecule is O=C(Cc1ccccc1)N1CC(O)CC1c1ncc(-c2ccc(-c3ccc(-c4cnc([C@@H]5C[C@H](O)CN5C(=O)Cc5ccccc5)[nH]4)cc3)cc2)[nH]1. The van der Waals surface area contributed by atoms with Gasteiger partial charge in [-0.15, -0.1) is 0 Å². The largest absolute Gasteiger partial charge is 0.391 e. The molecule has 0 radical (unpaired) electrons. The van der Waals surface area contributed by atoms with Gasteiger partial charge in [-0.1, -0.05) is 109 Å². The van der Waals surface area contributed by atoms with Crippen molar-refractivity contribution in [3.63, 3.8) is 0 Å². The molecule has 2 aliphatic rings. The Bertz CT molecular complexity index is 1990. The summed E-state index contributed by atoms with van der Waals surface area (Å²) in [5.41, 5.74) is 7.64. The van der Waals surface area contributed by atoms with E-state index in [1.54, 1.807) is 22.2 Å². The number of amides is 2. The van der Waals surface area contributed by atoms with Crippen LogP contribution in [0.2, 0.25) is 0 Å². The van der Waals surface area contributed by atoms with Crippen molar-refractivity contribution in [3.8, 4) is 33.6 Å². The average Bonchev–Trinajstić information content (AvgIpc) is 3.99. The number of imidazole rings is 2. The highest BCUT2D eigenvalue weighted by atomic mass is 16.3. The highest BCUT2D eigenvalue weighted by Crippen LogP contribution is 2.35. The lowest BCUT2D eigenvalue weighted by Gasteiger charge is -2.23. The lowest BCUT2D eigenvalue weighted by atomic mass is 10.0. The molecular weight excluding hydrogens is 652 g/mol. The first-order valence-corrected chi connectivity index (χ1v) is 17.7. The zero-order chi connectivity index (χ0) is 35.6. The molecule has 8 rings (SSSR count). The topological polar surface area (TPSA) is 138 Å². The van der Waals surface area contributed by atoms with Gasteiger partial charge >= 0.3 is 0 Å². The van der Waals surface area contributed by atoms with Crippen molar-refractivity contribution in [1.82, 2.24) is 29.7 Å². The highest BCUT2D eigenvalue weighted by molar-refractivity contribution is 5.80. The summed E-state index contributed by atoms with van der Waals surface area (Å²) in [6.07, 6.45) is 3.84. The first kappa shape index (κ1) is 33.3. The van der Waals surface area contributed by atoms with E-state index < -0.39 is 12.2 Å². The van der Waals surface area contributed by atoms with E-state index in [1.165, 1.54) is 0 Å². The van der Waals surface area contributed by atoms with Crippen LogP contribution in [0.25, 0.3) is 33.6 Å². The number of aromatic amines is 2. The van der Waals surface area contributed by atoms with E-state index in [0.29, 0.717) is 37.6 Å². The molecule has 10 nitrogen and oxygen atoms in total. The number of aliphatic hydroxyl groups excluding tert-OH is 2. The molecule has 4 atom stereocenters. The molecule has 2 aliphatic heterocycles. The van der Waals surface area contributed by atoms with E-state index in [1.807, 2.05) is 84.9 Å². The second-order valence-corrected chi connectivity index (χ2v) is 13.7. The quantitative estimate of drug-likeness (QED) is 0.149. The van der Waals surface area contributed by atoms with Crippen LogP contribution in [0, 0.1) is 0 Å². The van der Waals surface area contributed by atoms with Crippen LogP contribution in [0.1, 0.15) is 47.7 Å². The van der Waals surface area contributed by atoms with Gasteiger partial charge in [0.2, 0.25) is 11.8 Å². The maximum Gasteiger partial charge on any atom is 0.227 e. The fourth-order valence-corrected chi connectivity index (χ4v) is 7.43. The summed E-state index contributed by atoms with van der Waals surface area (Å²) < 4.78 is 0. The number of rotatable bonds is 9. The van der Waals surface area contributed by atoms with Crippen molar-refractivity contribution in [1.29, 1.82) is 0 Å². The maximum atomic E-state index is 13.2. The van der Waals surface area contributed by atoms with Crippen LogP contribution in [0.3, 0.4) is 0 Å². The third-order valence-electron chi connectivity index (χ3n) is 10.1. The van der Waals surface area contributed by atoms with Gasteiger partial charge in [-0.25, -0.2) is 9.97 Å². The lowest BCUT2D eigenvalue weighted by molar-refractivity contribution is -0.132. The fourth-order valence-electron chi connectivity index (χ4n) is 7.43. The molecule has 52 heavy (non-hydrogen) atoms. The number of hydrogen-bond donors (Lipinski definition) is 4. The van der Waals surface area contributed by atoms with Crippen molar-refractivity contribution in [3.05, 3.63) is 144 Å². The molecule has 6 aromatic rings. The number of carbonyl (C=O) groups is 2. The second kappa shape index (κ2) is 14.4. The monoisotopic (exact) mass is 692 g/mol. The van der Waals surface area contributed by atoms with Crippen LogP contribution < -0.4 is 0 Å². The minimum atomic E-state index is -0.591. The van der Waals surface area contributed by atoms with Gasteiger partial charge in [-0.2, -0.15) is 0 Å². The smallest absolute Gasteiger partial charge is 0.227 e. The fraction of sp³-hybridized carbons (Fsp3) is 0.238. The van der Waals surface area contributed by atoms with Crippen LogP contribution in [0.15, 0.2) is 122 Å². The van der Waals surface area contributed by atoms with Gasteiger partial charge in [0.15, 0.2) is 0 Å². The number of aromatic nitrogens is 4. The van der Waals surface area contributed by atoms with Crippen LogP contribution in [0.4, 0.5) is 0 Å². The molecule has 2 fully saturated rings. The van der Waals surface area contributed by atoms with Crippen molar-refractivity contribution in [2.75, 3.05) is 13.1 Å². The Morgan fingerprint density at radius 1 is 0.558 bits per heavy atom.